The van der Waals surface area contributed by atoms with Crippen LogP contribution in [-0.4, -0.2) is 18.8 Å². The molecule has 0 saturated carbocycles. The van der Waals surface area contributed by atoms with Crippen molar-refractivity contribution in [1.82, 2.24) is 10.9 Å². The Kier molecular flexibility index (Phi) is 1.62. The molecule has 0 aromatic heterocycles. The predicted octanol–water partition coefficient (Wildman–Crippen LogP) is 0.603. The Bertz CT molecular complexity index is 301. The molecule has 2 aliphatic heterocycles. The first-order valence-electron chi connectivity index (χ1n) is 4.64. The average molecular weight is 176 g/mol. The average Bonchev–Trinajstić information content (AvgIpc) is 2.97. The molecule has 1 aromatic rings. The summed E-state index contributed by atoms with van der Waals surface area (Å²) < 4.78 is 5.52. The molecule has 0 amide bonds. The number of ether oxygens (including phenoxy) is 1. The highest BCUT2D eigenvalue weighted by Crippen LogP contribution is 2.35. The minimum Gasteiger partial charge on any atom is -0.366 e. The fraction of sp³-hybridized carbons (Fsp3) is 0.400. The first-order valence-corrected chi connectivity index (χ1v) is 4.64. The van der Waals surface area contributed by atoms with E-state index in [1.165, 1.54) is 5.56 Å². The minimum atomic E-state index is 0.319. The topological polar surface area (TPSA) is 36.6 Å². The van der Waals surface area contributed by atoms with Crippen LogP contribution in [0.5, 0.6) is 0 Å². The van der Waals surface area contributed by atoms with Gasteiger partial charge < -0.3 is 4.74 Å². The van der Waals surface area contributed by atoms with Crippen LogP contribution in [0.4, 0.5) is 0 Å². The molecule has 2 aliphatic rings. The Morgan fingerprint density at radius 2 is 2.08 bits per heavy atom. The van der Waals surface area contributed by atoms with Crippen molar-refractivity contribution in [2.24, 2.45) is 0 Å². The third-order valence-electron chi connectivity index (χ3n) is 2.67. The van der Waals surface area contributed by atoms with Gasteiger partial charge in [0.15, 0.2) is 0 Å². The van der Waals surface area contributed by atoms with Crippen molar-refractivity contribution < 1.29 is 4.74 Å². The number of hydrazine groups is 1. The van der Waals surface area contributed by atoms with Gasteiger partial charge in [-0.05, 0) is 5.56 Å². The predicted molar refractivity (Wildman–Crippen MR) is 49.0 cm³/mol. The highest BCUT2D eigenvalue weighted by molar-refractivity contribution is 5.23. The molecule has 3 atom stereocenters. The van der Waals surface area contributed by atoms with Crippen LogP contribution in [0.25, 0.3) is 0 Å². The Labute approximate surface area is 77.1 Å². The normalized spacial score (nSPS) is 36.8. The molecule has 2 heterocycles. The summed E-state index contributed by atoms with van der Waals surface area (Å²) in [4.78, 5) is 0. The zero-order valence-corrected chi connectivity index (χ0v) is 7.23. The maximum absolute atomic E-state index is 5.52. The van der Waals surface area contributed by atoms with Gasteiger partial charge in [-0.25, -0.2) is 5.43 Å². The lowest BCUT2D eigenvalue weighted by Crippen LogP contribution is -2.45. The quantitative estimate of drug-likeness (QED) is 0.615. The lowest BCUT2D eigenvalue weighted by atomic mass is 10.0. The molecule has 13 heavy (non-hydrogen) atoms. The van der Waals surface area contributed by atoms with Gasteiger partial charge in [-0.2, -0.15) is 0 Å². The maximum atomic E-state index is 5.52. The summed E-state index contributed by atoms with van der Waals surface area (Å²) in [6.07, 6.45) is 0.801. The monoisotopic (exact) mass is 176 g/mol. The first kappa shape index (κ1) is 7.50. The van der Waals surface area contributed by atoms with E-state index in [9.17, 15) is 0 Å². The second-order valence-electron chi connectivity index (χ2n) is 3.55. The van der Waals surface area contributed by atoms with E-state index in [2.05, 4.69) is 35.1 Å². The van der Waals surface area contributed by atoms with E-state index in [4.69, 9.17) is 4.74 Å². The molecular weight excluding hydrogens is 164 g/mol. The number of nitrogens with one attached hydrogen (secondary N) is 2. The van der Waals surface area contributed by atoms with Gasteiger partial charge in [0, 0.05) is 6.54 Å². The van der Waals surface area contributed by atoms with E-state index in [-0.39, 0.29) is 0 Å². The summed E-state index contributed by atoms with van der Waals surface area (Å²) >= 11 is 0. The number of epoxide rings is 1. The van der Waals surface area contributed by atoms with Crippen molar-refractivity contribution in [3.8, 4) is 0 Å². The second-order valence-corrected chi connectivity index (χ2v) is 3.55. The van der Waals surface area contributed by atoms with Gasteiger partial charge in [-0.3, -0.25) is 5.43 Å². The van der Waals surface area contributed by atoms with E-state index in [0.717, 1.165) is 6.54 Å². The van der Waals surface area contributed by atoms with Crippen molar-refractivity contribution in [2.45, 2.75) is 18.2 Å². The number of hydrogen-bond acceptors (Lipinski definition) is 3. The van der Waals surface area contributed by atoms with Crippen molar-refractivity contribution in [2.75, 3.05) is 6.54 Å². The van der Waals surface area contributed by atoms with Gasteiger partial charge in [-0.1, -0.05) is 30.3 Å². The Balaban J connectivity index is 1.85. The Morgan fingerprint density at radius 3 is 2.92 bits per heavy atom. The fourth-order valence-corrected chi connectivity index (χ4v) is 1.90. The lowest BCUT2D eigenvalue weighted by molar-refractivity contribution is 0.343. The van der Waals surface area contributed by atoms with Gasteiger partial charge in [0.25, 0.3) is 0 Å². The summed E-state index contributed by atoms with van der Waals surface area (Å²) in [6.45, 7) is 0.925. The number of rotatable bonds is 1. The molecule has 2 N–H and O–H groups in total. The van der Waals surface area contributed by atoms with Crippen LogP contribution < -0.4 is 10.9 Å². The van der Waals surface area contributed by atoms with Crippen LogP contribution in [0.15, 0.2) is 30.3 Å². The molecule has 0 bridgehead atoms. The molecule has 3 heteroatoms. The number of hydrogen-bond donors (Lipinski definition) is 2. The number of fused-ring (bicyclic) bond motifs is 1. The fourth-order valence-electron chi connectivity index (χ4n) is 1.90. The van der Waals surface area contributed by atoms with E-state index >= 15 is 0 Å². The van der Waals surface area contributed by atoms with E-state index in [0.29, 0.717) is 18.2 Å². The van der Waals surface area contributed by atoms with Crippen molar-refractivity contribution in [1.29, 1.82) is 0 Å². The van der Waals surface area contributed by atoms with Crippen LogP contribution in [0.2, 0.25) is 0 Å². The van der Waals surface area contributed by atoms with E-state index < -0.39 is 0 Å². The van der Waals surface area contributed by atoms with Crippen molar-refractivity contribution in [3.05, 3.63) is 35.9 Å². The zero-order valence-electron chi connectivity index (χ0n) is 7.23. The summed E-state index contributed by atoms with van der Waals surface area (Å²) in [5.41, 5.74) is 7.70. The Hall–Kier alpha value is -0.900. The molecule has 2 fully saturated rings. The van der Waals surface area contributed by atoms with Gasteiger partial charge in [0.2, 0.25) is 0 Å². The first-order chi connectivity index (χ1) is 6.45. The maximum Gasteiger partial charge on any atom is 0.106 e. The van der Waals surface area contributed by atoms with Crippen LogP contribution in [-0.2, 0) is 4.74 Å². The Morgan fingerprint density at radius 1 is 1.23 bits per heavy atom. The molecule has 0 spiro atoms. The lowest BCUT2D eigenvalue weighted by Gasteiger charge is -2.21. The van der Waals surface area contributed by atoms with Crippen molar-refractivity contribution >= 4 is 0 Å². The van der Waals surface area contributed by atoms with E-state index in [1.807, 2.05) is 6.07 Å². The molecular formula is C10H12N2O. The number of benzene rings is 1. The van der Waals surface area contributed by atoms with Crippen molar-refractivity contribution in [3.63, 3.8) is 0 Å². The highest BCUT2D eigenvalue weighted by Gasteiger charge is 2.47. The molecule has 3 nitrogen and oxygen atoms in total. The molecule has 0 aliphatic carbocycles. The van der Waals surface area contributed by atoms with Crippen LogP contribution in [0, 0.1) is 0 Å². The summed E-state index contributed by atoms with van der Waals surface area (Å²) in [7, 11) is 0. The molecule has 3 rings (SSSR count). The molecule has 1 aromatic carbocycles. The van der Waals surface area contributed by atoms with Crippen LogP contribution in [0.3, 0.4) is 0 Å². The third kappa shape index (κ3) is 1.25. The largest absolute Gasteiger partial charge is 0.366 e. The summed E-state index contributed by atoms with van der Waals surface area (Å²) in [5.74, 6) is 0. The van der Waals surface area contributed by atoms with Gasteiger partial charge in [0.05, 0.1) is 12.1 Å². The smallest absolute Gasteiger partial charge is 0.106 e. The summed E-state index contributed by atoms with van der Waals surface area (Å²) in [5, 5.41) is 0. The molecule has 68 valence electrons. The second kappa shape index (κ2) is 2.80. The van der Waals surface area contributed by atoms with Crippen LogP contribution >= 0.6 is 0 Å². The SMILES string of the molecule is c1ccc(C2NNCC3OC32)cc1. The molecule has 0 radical (unpaired) electrons. The van der Waals surface area contributed by atoms with Gasteiger partial charge in [-0.15, -0.1) is 0 Å². The zero-order chi connectivity index (χ0) is 8.67. The molecule has 2 saturated heterocycles. The highest BCUT2D eigenvalue weighted by atomic mass is 16.6. The minimum absolute atomic E-state index is 0.319. The standard InChI is InChI=1S/C10H12N2O/c1-2-4-7(5-3-1)9-10-8(13-10)6-11-12-9/h1-5,8-12H,6H2. The van der Waals surface area contributed by atoms with Gasteiger partial charge >= 0.3 is 0 Å². The summed E-state index contributed by atoms with van der Waals surface area (Å²) in [6, 6.07) is 10.7. The third-order valence-corrected chi connectivity index (χ3v) is 2.67. The van der Waals surface area contributed by atoms with Gasteiger partial charge in [0.1, 0.15) is 6.10 Å². The van der Waals surface area contributed by atoms with Crippen LogP contribution in [0.1, 0.15) is 11.6 Å². The molecule has 3 unspecified atom stereocenters. The van der Waals surface area contributed by atoms with E-state index in [1.54, 1.807) is 0 Å².